The van der Waals surface area contributed by atoms with Crippen LogP contribution in [-0.2, 0) is 13.0 Å². The third-order valence-corrected chi connectivity index (χ3v) is 2.83. The van der Waals surface area contributed by atoms with Crippen LogP contribution in [0.3, 0.4) is 0 Å². The fraction of sp³-hybridized carbons (Fsp3) is 0.200. The predicted molar refractivity (Wildman–Crippen MR) is 66.3 cm³/mol. The summed E-state index contributed by atoms with van der Waals surface area (Å²) in [5.74, 6) is 0. The molecule has 16 heavy (non-hydrogen) atoms. The zero-order valence-electron chi connectivity index (χ0n) is 9.48. The molecule has 0 aromatic heterocycles. The van der Waals surface area contributed by atoms with Crippen LogP contribution in [0, 0.1) is 6.92 Å². The van der Waals surface area contributed by atoms with Crippen molar-refractivity contribution in [1.82, 2.24) is 0 Å². The lowest BCUT2D eigenvalue weighted by Gasteiger charge is -2.07. The Bertz CT molecular complexity index is 460. The van der Waals surface area contributed by atoms with E-state index in [2.05, 4.69) is 43.3 Å². The van der Waals surface area contributed by atoms with Gasteiger partial charge in [-0.05, 0) is 35.6 Å². The van der Waals surface area contributed by atoms with Gasteiger partial charge < -0.3 is 5.11 Å². The molecular formula is C15H16O. The summed E-state index contributed by atoms with van der Waals surface area (Å²) in [6.07, 6.45) is 0.957. The summed E-state index contributed by atoms with van der Waals surface area (Å²) in [4.78, 5) is 0. The van der Waals surface area contributed by atoms with Crippen molar-refractivity contribution in [1.29, 1.82) is 0 Å². The molecule has 0 fully saturated rings. The molecule has 1 nitrogen and oxygen atoms in total. The summed E-state index contributed by atoms with van der Waals surface area (Å²) < 4.78 is 0. The lowest BCUT2D eigenvalue weighted by molar-refractivity contribution is 0.281. The van der Waals surface area contributed by atoms with Crippen molar-refractivity contribution < 1.29 is 5.11 Å². The first-order chi connectivity index (χ1) is 7.79. The van der Waals surface area contributed by atoms with Crippen LogP contribution in [0.5, 0.6) is 0 Å². The van der Waals surface area contributed by atoms with Crippen molar-refractivity contribution in [2.75, 3.05) is 0 Å². The van der Waals surface area contributed by atoms with E-state index in [9.17, 15) is 0 Å². The van der Waals surface area contributed by atoms with E-state index in [1.165, 1.54) is 16.7 Å². The molecule has 0 atom stereocenters. The number of hydrogen-bond acceptors (Lipinski definition) is 1. The lowest BCUT2D eigenvalue weighted by atomic mass is 9.99. The van der Waals surface area contributed by atoms with E-state index in [0.29, 0.717) is 0 Å². The standard InChI is InChI=1S/C15H16O/c1-12-9-14(11-16)7-8-15(12)10-13-5-3-2-4-6-13/h2-9,16H,10-11H2,1H3. The van der Waals surface area contributed by atoms with Gasteiger partial charge >= 0.3 is 0 Å². The molecule has 0 saturated carbocycles. The summed E-state index contributed by atoms with van der Waals surface area (Å²) in [7, 11) is 0. The Labute approximate surface area is 96.4 Å². The molecule has 2 aromatic rings. The Morgan fingerprint density at radius 2 is 1.69 bits per heavy atom. The van der Waals surface area contributed by atoms with Crippen LogP contribution in [-0.4, -0.2) is 5.11 Å². The Balaban J connectivity index is 2.22. The van der Waals surface area contributed by atoms with Crippen molar-refractivity contribution >= 4 is 0 Å². The second-order valence-electron chi connectivity index (χ2n) is 4.08. The molecule has 0 heterocycles. The molecular weight excluding hydrogens is 196 g/mol. The van der Waals surface area contributed by atoms with Gasteiger partial charge in [0.25, 0.3) is 0 Å². The molecule has 0 aliphatic heterocycles. The smallest absolute Gasteiger partial charge is 0.0681 e. The summed E-state index contributed by atoms with van der Waals surface area (Å²) in [6, 6.07) is 16.6. The molecule has 0 aliphatic carbocycles. The topological polar surface area (TPSA) is 20.2 Å². The van der Waals surface area contributed by atoms with Gasteiger partial charge in [0.05, 0.1) is 6.61 Å². The molecule has 1 heteroatoms. The average molecular weight is 212 g/mol. The van der Waals surface area contributed by atoms with Gasteiger partial charge in [-0.3, -0.25) is 0 Å². The minimum absolute atomic E-state index is 0.118. The number of benzene rings is 2. The fourth-order valence-corrected chi connectivity index (χ4v) is 1.87. The Morgan fingerprint density at radius 1 is 0.938 bits per heavy atom. The summed E-state index contributed by atoms with van der Waals surface area (Å²) in [6.45, 7) is 2.21. The van der Waals surface area contributed by atoms with Crippen molar-refractivity contribution in [3.8, 4) is 0 Å². The van der Waals surface area contributed by atoms with Crippen molar-refractivity contribution in [2.24, 2.45) is 0 Å². The molecule has 0 spiro atoms. The largest absolute Gasteiger partial charge is 0.392 e. The summed E-state index contributed by atoms with van der Waals surface area (Å²) in [5, 5.41) is 9.04. The quantitative estimate of drug-likeness (QED) is 0.829. The molecule has 0 amide bonds. The van der Waals surface area contributed by atoms with Crippen LogP contribution >= 0.6 is 0 Å². The van der Waals surface area contributed by atoms with Crippen molar-refractivity contribution in [3.63, 3.8) is 0 Å². The average Bonchev–Trinajstić information content (AvgIpc) is 2.33. The maximum absolute atomic E-state index is 9.04. The monoisotopic (exact) mass is 212 g/mol. The van der Waals surface area contributed by atoms with Gasteiger partial charge in [0.15, 0.2) is 0 Å². The molecule has 1 N–H and O–H groups in total. The zero-order valence-corrected chi connectivity index (χ0v) is 9.48. The first-order valence-corrected chi connectivity index (χ1v) is 5.53. The number of aryl methyl sites for hydroxylation is 1. The minimum Gasteiger partial charge on any atom is -0.392 e. The van der Waals surface area contributed by atoms with Crippen molar-refractivity contribution in [2.45, 2.75) is 20.0 Å². The summed E-state index contributed by atoms with van der Waals surface area (Å²) in [5.41, 5.74) is 4.87. The summed E-state index contributed by atoms with van der Waals surface area (Å²) >= 11 is 0. The van der Waals surface area contributed by atoms with Crippen LogP contribution in [0.15, 0.2) is 48.5 Å². The van der Waals surface area contributed by atoms with Gasteiger partial charge in [-0.25, -0.2) is 0 Å². The highest BCUT2D eigenvalue weighted by Crippen LogP contribution is 2.15. The fourth-order valence-electron chi connectivity index (χ4n) is 1.87. The Morgan fingerprint density at radius 3 is 2.31 bits per heavy atom. The highest BCUT2D eigenvalue weighted by Gasteiger charge is 2.01. The van der Waals surface area contributed by atoms with E-state index in [4.69, 9.17) is 5.11 Å². The second kappa shape index (κ2) is 4.95. The normalized spacial score (nSPS) is 10.4. The number of aliphatic hydroxyl groups excluding tert-OH is 1. The van der Waals surface area contributed by atoms with Gasteiger partial charge in [-0.2, -0.15) is 0 Å². The highest BCUT2D eigenvalue weighted by molar-refractivity contribution is 5.34. The number of aliphatic hydroxyl groups is 1. The lowest BCUT2D eigenvalue weighted by Crippen LogP contribution is -1.93. The van der Waals surface area contributed by atoms with Crippen molar-refractivity contribution in [3.05, 3.63) is 70.8 Å². The van der Waals surface area contributed by atoms with Crippen LogP contribution < -0.4 is 0 Å². The van der Waals surface area contributed by atoms with E-state index in [1.807, 2.05) is 12.1 Å². The SMILES string of the molecule is Cc1cc(CO)ccc1Cc1ccccc1. The zero-order chi connectivity index (χ0) is 11.4. The van der Waals surface area contributed by atoms with Crippen LogP contribution in [0.2, 0.25) is 0 Å². The maximum atomic E-state index is 9.04. The van der Waals surface area contributed by atoms with Gasteiger partial charge in [0.2, 0.25) is 0 Å². The molecule has 82 valence electrons. The number of hydrogen-bond donors (Lipinski definition) is 1. The minimum atomic E-state index is 0.118. The van der Waals surface area contributed by atoms with Gasteiger partial charge in [-0.1, -0.05) is 48.5 Å². The van der Waals surface area contributed by atoms with E-state index in [0.717, 1.165) is 12.0 Å². The molecule has 0 radical (unpaired) electrons. The molecule has 0 aliphatic rings. The predicted octanol–water partition coefficient (Wildman–Crippen LogP) is 3.08. The van der Waals surface area contributed by atoms with Crippen LogP contribution in [0.4, 0.5) is 0 Å². The molecule has 0 bridgehead atoms. The Hall–Kier alpha value is -1.60. The van der Waals surface area contributed by atoms with Gasteiger partial charge in [-0.15, -0.1) is 0 Å². The van der Waals surface area contributed by atoms with E-state index < -0.39 is 0 Å². The third-order valence-electron chi connectivity index (χ3n) is 2.83. The van der Waals surface area contributed by atoms with Gasteiger partial charge in [0, 0.05) is 0 Å². The van der Waals surface area contributed by atoms with Gasteiger partial charge in [0.1, 0.15) is 0 Å². The molecule has 2 aromatic carbocycles. The number of rotatable bonds is 3. The molecule has 0 unspecified atom stereocenters. The van der Waals surface area contributed by atoms with Crippen LogP contribution in [0.25, 0.3) is 0 Å². The van der Waals surface area contributed by atoms with E-state index >= 15 is 0 Å². The Kier molecular flexibility index (Phi) is 3.37. The second-order valence-corrected chi connectivity index (χ2v) is 4.08. The highest BCUT2D eigenvalue weighted by atomic mass is 16.3. The van der Waals surface area contributed by atoms with E-state index in [-0.39, 0.29) is 6.61 Å². The van der Waals surface area contributed by atoms with E-state index in [1.54, 1.807) is 0 Å². The van der Waals surface area contributed by atoms with Crippen LogP contribution in [0.1, 0.15) is 22.3 Å². The first kappa shape index (κ1) is 10.9. The molecule has 0 saturated heterocycles. The first-order valence-electron chi connectivity index (χ1n) is 5.53. The molecule has 2 rings (SSSR count). The maximum Gasteiger partial charge on any atom is 0.0681 e. The third kappa shape index (κ3) is 2.50.